The summed E-state index contributed by atoms with van der Waals surface area (Å²) in [6.07, 6.45) is 0.920. The first-order chi connectivity index (χ1) is 9.38. The molecule has 0 saturated carbocycles. The van der Waals surface area contributed by atoms with Crippen molar-refractivity contribution in [3.63, 3.8) is 0 Å². The van der Waals surface area contributed by atoms with Gasteiger partial charge in [0.1, 0.15) is 16.6 Å². The zero-order valence-corrected chi connectivity index (χ0v) is 13.6. The van der Waals surface area contributed by atoms with Gasteiger partial charge >= 0.3 is 0 Å². The molecular weight excluding hydrogens is 268 g/mol. The van der Waals surface area contributed by atoms with Crippen molar-refractivity contribution in [2.75, 3.05) is 5.32 Å². The van der Waals surface area contributed by atoms with Gasteiger partial charge in [0.15, 0.2) is 0 Å². The SMILES string of the molecule is CCc1cc(NCc2nc(C(C)(C)C)cs2)nc(C)n1. The van der Waals surface area contributed by atoms with Gasteiger partial charge in [-0.25, -0.2) is 15.0 Å². The molecule has 108 valence electrons. The van der Waals surface area contributed by atoms with E-state index in [1.165, 1.54) is 0 Å². The summed E-state index contributed by atoms with van der Waals surface area (Å²) >= 11 is 1.69. The summed E-state index contributed by atoms with van der Waals surface area (Å²) in [7, 11) is 0. The van der Waals surface area contributed by atoms with Crippen LogP contribution in [0.5, 0.6) is 0 Å². The second kappa shape index (κ2) is 5.87. The van der Waals surface area contributed by atoms with Crippen molar-refractivity contribution in [3.8, 4) is 0 Å². The molecule has 0 fully saturated rings. The van der Waals surface area contributed by atoms with Crippen LogP contribution in [0, 0.1) is 6.92 Å². The zero-order valence-electron chi connectivity index (χ0n) is 12.8. The fraction of sp³-hybridized carbons (Fsp3) is 0.533. The van der Waals surface area contributed by atoms with Crippen molar-refractivity contribution in [1.82, 2.24) is 15.0 Å². The molecule has 5 heteroatoms. The number of rotatable bonds is 4. The Morgan fingerprint density at radius 3 is 2.55 bits per heavy atom. The van der Waals surface area contributed by atoms with Gasteiger partial charge in [-0.15, -0.1) is 11.3 Å². The minimum atomic E-state index is 0.107. The van der Waals surface area contributed by atoms with Gasteiger partial charge in [-0.3, -0.25) is 0 Å². The molecule has 2 rings (SSSR count). The lowest BCUT2D eigenvalue weighted by Crippen LogP contribution is -2.12. The molecule has 0 amide bonds. The van der Waals surface area contributed by atoms with Crippen molar-refractivity contribution >= 4 is 17.2 Å². The van der Waals surface area contributed by atoms with Gasteiger partial charge in [0, 0.05) is 22.6 Å². The van der Waals surface area contributed by atoms with Crippen LogP contribution < -0.4 is 5.32 Å². The Morgan fingerprint density at radius 2 is 1.95 bits per heavy atom. The van der Waals surface area contributed by atoms with E-state index >= 15 is 0 Å². The Hall–Kier alpha value is -1.49. The molecule has 0 unspecified atom stereocenters. The van der Waals surface area contributed by atoms with Gasteiger partial charge in [-0.2, -0.15) is 0 Å². The third-order valence-electron chi connectivity index (χ3n) is 2.99. The van der Waals surface area contributed by atoms with E-state index in [-0.39, 0.29) is 5.41 Å². The summed E-state index contributed by atoms with van der Waals surface area (Å²) in [5.74, 6) is 1.68. The van der Waals surface area contributed by atoms with Crippen molar-refractivity contribution < 1.29 is 0 Å². The summed E-state index contributed by atoms with van der Waals surface area (Å²) in [6.45, 7) is 11.3. The highest BCUT2D eigenvalue weighted by molar-refractivity contribution is 7.09. The smallest absolute Gasteiger partial charge is 0.130 e. The largest absolute Gasteiger partial charge is 0.363 e. The van der Waals surface area contributed by atoms with Crippen LogP contribution in [0.25, 0.3) is 0 Å². The minimum Gasteiger partial charge on any atom is -0.363 e. The molecule has 0 aliphatic carbocycles. The van der Waals surface area contributed by atoms with Gasteiger partial charge in [-0.05, 0) is 13.3 Å². The summed E-state index contributed by atoms with van der Waals surface area (Å²) in [5, 5.41) is 6.56. The predicted octanol–water partition coefficient (Wildman–Crippen LogP) is 3.71. The molecule has 1 N–H and O–H groups in total. The maximum atomic E-state index is 4.67. The molecule has 20 heavy (non-hydrogen) atoms. The average Bonchev–Trinajstić information content (AvgIpc) is 2.84. The van der Waals surface area contributed by atoms with Gasteiger partial charge in [0.05, 0.1) is 12.2 Å². The monoisotopic (exact) mass is 290 g/mol. The molecule has 0 saturated heterocycles. The van der Waals surface area contributed by atoms with E-state index in [0.29, 0.717) is 6.54 Å². The third-order valence-corrected chi connectivity index (χ3v) is 3.84. The number of nitrogens with zero attached hydrogens (tertiary/aromatic N) is 3. The quantitative estimate of drug-likeness (QED) is 0.932. The predicted molar refractivity (Wildman–Crippen MR) is 84.3 cm³/mol. The molecule has 0 aromatic carbocycles. The van der Waals surface area contributed by atoms with E-state index in [9.17, 15) is 0 Å². The Bertz CT molecular complexity index is 584. The fourth-order valence-corrected chi connectivity index (χ4v) is 2.76. The maximum absolute atomic E-state index is 4.67. The lowest BCUT2D eigenvalue weighted by atomic mass is 9.93. The highest BCUT2D eigenvalue weighted by Gasteiger charge is 2.17. The Kier molecular flexibility index (Phi) is 4.38. The van der Waals surface area contributed by atoms with Crippen molar-refractivity contribution in [3.05, 3.63) is 33.7 Å². The molecule has 0 bridgehead atoms. The summed E-state index contributed by atoms with van der Waals surface area (Å²) in [4.78, 5) is 13.5. The molecule has 0 aliphatic heterocycles. The lowest BCUT2D eigenvalue weighted by molar-refractivity contribution is 0.571. The highest BCUT2D eigenvalue weighted by Crippen LogP contribution is 2.24. The van der Waals surface area contributed by atoms with Crippen LogP contribution in [-0.4, -0.2) is 15.0 Å². The first kappa shape index (κ1) is 14.9. The Labute approximate surface area is 124 Å². The summed E-state index contributed by atoms with van der Waals surface area (Å²) < 4.78 is 0. The molecule has 4 nitrogen and oxygen atoms in total. The van der Waals surface area contributed by atoms with Crippen LogP contribution >= 0.6 is 11.3 Å². The van der Waals surface area contributed by atoms with E-state index in [4.69, 9.17) is 0 Å². The van der Waals surface area contributed by atoms with E-state index < -0.39 is 0 Å². The van der Waals surface area contributed by atoms with Crippen LogP contribution in [0.3, 0.4) is 0 Å². The first-order valence-corrected chi connectivity index (χ1v) is 7.79. The molecule has 2 aromatic rings. The number of nitrogens with one attached hydrogen (secondary N) is 1. The van der Waals surface area contributed by atoms with Gasteiger partial charge in [0.2, 0.25) is 0 Å². The zero-order chi connectivity index (χ0) is 14.8. The van der Waals surface area contributed by atoms with Crippen LogP contribution in [0.15, 0.2) is 11.4 Å². The number of aryl methyl sites for hydroxylation is 2. The highest BCUT2D eigenvalue weighted by atomic mass is 32.1. The normalized spacial score (nSPS) is 11.7. The summed E-state index contributed by atoms with van der Waals surface area (Å²) in [6, 6.07) is 2.01. The maximum Gasteiger partial charge on any atom is 0.130 e. The number of anilines is 1. The number of thiazole rings is 1. The molecule has 0 radical (unpaired) electrons. The van der Waals surface area contributed by atoms with Gasteiger partial charge in [-0.1, -0.05) is 27.7 Å². The van der Waals surface area contributed by atoms with Crippen molar-refractivity contribution in [1.29, 1.82) is 0 Å². The second-order valence-electron chi connectivity index (χ2n) is 5.88. The molecule has 2 aromatic heterocycles. The van der Waals surface area contributed by atoms with E-state index in [2.05, 4.69) is 53.3 Å². The van der Waals surface area contributed by atoms with Crippen molar-refractivity contribution in [2.45, 2.75) is 53.0 Å². The Balaban J connectivity index is 2.05. The first-order valence-electron chi connectivity index (χ1n) is 6.92. The van der Waals surface area contributed by atoms with E-state index in [0.717, 1.165) is 34.5 Å². The number of hydrogen-bond donors (Lipinski definition) is 1. The topological polar surface area (TPSA) is 50.7 Å². The summed E-state index contributed by atoms with van der Waals surface area (Å²) in [5.41, 5.74) is 2.32. The van der Waals surface area contributed by atoms with Crippen LogP contribution in [0.1, 0.15) is 49.9 Å². The number of aromatic nitrogens is 3. The fourth-order valence-electron chi connectivity index (χ4n) is 1.80. The van der Waals surface area contributed by atoms with Crippen LogP contribution in [0.4, 0.5) is 5.82 Å². The van der Waals surface area contributed by atoms with Crippen molar-refractivity contribution in [2.24, 2.45) is 0 Å². The van der Waals surface area contributed by atoms with E-state index in [1.54, 1.807) is 11.3 Å². The standard InChI is InChI=1S/C15H22N4S/c1-6-11-7-13(18-10(2)17-11)16-8-14-19-12(9-20-14)15(3,4)5/h7,9H,6,8H2,1-5H3,(H,16,17,18). The average molecular weight is 290 g/mol. The molecule has 0 atom stereocenters. The second-order valence-corrected chi connectivity index (χ2v) is 6.82. The third kappa shape index (κ3) is 3.76. The molecule has 0 aliphatic rings. The van der Waals surface area contributed by atoms with E-state index in [1.807, 2.05) is 13.0 Å². The molecule has 0 spiro atoms. The van der Waals surface area contributed by atoms with Gasteiger partial charge < -0.3 is 5.32 Å². The minimum absolute atomic E-state index is 0.107. The lowest BCUT2D eigenvalue weighted by Gasteiger charge is -2.14. The molecule has 2 heterocycles. The molecular formula is C15H22N4S. The number of hydrogen-bond acceptors (Lipinski definition) is 5. The Morgan fingerprint density at radius 1 is 1.20 bits per heavy atom. The van der Waals surface area contributed by atoms with Crippen LogP contribution in [0.2, 0.25) is 0 Å². The van der Waals surface area contributed by atoms with Gasteiger partial charge in [0.25, 0.3) is 0 Å². The van der Waals surface area contributed by atoms with Crippen LogP contribution in [-0.2, 0) is 18.4 Å².